The average molecular weight is 347 g/mol. The summed E-state index contributed by atoms with van der Waals surface area (Å²) >= 11 is 0. The highest BCUT2D eigenvalue weighted by Gasteiger charge is 2.34. The van der Waals surface area contributed by atoms with Crippen LogP contribution >= 0.6 is 0 Å². The van der Waals surface area contributed by atoms with Crippen LogP contribution in [0.4, 0.5) is 4.79 Å². The molecule has 1 aromatic carbocycles. The van der Waals surface area contributed by atoms with E-state index in [0.29, 0.717) is 5.41 Å². The van der Waals surface area contributed by atoms with Crippen molar-refractivity contribution in [3.05, 3.63) is 36.4 Å². The molecule has 4 nitrogen and oxygen atoms in total. The fourth-order valence-electron chi connectivity index (χ4n) is 2.80. The summed E-state index contributed by atoms with van der Waals surface area (Å²) in [6, 6.07) is 12.8. The predicted octanol–water partition coefficient (Wildman–Crippen LogP) is 4.46. The average Bonchev–Trinajstić information content (AvgIpc) is 3.39. The van der Waals surface area contributed by atoms with Gasteiger partial charge in [0.15, 0.2) is 0 Å². The lowest BCUT2D eigenvalue weighted by molar-refractivity contribution is 0.0119. The molecule has 2 aliphatic rings. The van der Waals surface area contributed by atoms with Gasteiger partial charge in [-0.1, -0.05) is 43.3 Å². The number of likely N-dealkylation sites (tertiary alicyclic amines) is 1. The Hall–Kier alpha value is -1.55. The van der Waals surface area contributed by atoms with Crippen molar-refractivity contribution >= 4 is 6.09 Å². The second kappa shape index (κ2) is 8.70. The van der Waals surface area contributed by atoms with Gasteiger partial charge in [0.1, 0.15) is 5.60 Å². The van der Waals surface area contributed by atoms with Crippen LogP contribution in [-0.4, -0.2) is 42.3 Å². The van der Waals surface area contributed by atoms with Gasteiger partial charge in [-0.2, -0.15) is 0 Å². The lowest BCUT2D eigenvalue weighted by atomic mass is 9.80. The van der Waals surface area contributed by atoms with E-state index in [1.54, 1.807) is 0 Å². The number of nitrogens with one attached hydrogen (secondary N) is 1. The minimum atomic E-state index is -0.397. The number of hydrogen-bond donors (Lipinski definition) is 1. The van der Waals surface area contributed by atoms with Crippen LogP contribution in [0, 0.1) is 5.41 Å². The number of piperidine rings is 1. The highest BCUT2D eigenvalue weighted by Crippen LogP contribution is 2.32. The topological polar surface area (TPSA) is 41.6 Å². The Balaban J connectivity index is 0.000000316. The third-order valence-corrected chi connectivity index (χ3v) is 4.68. The molecule has 2 fully saturated rings. The van der Waals surface area contributed by atoms with Crippen molar-refractivity contribution < 1.29 is 9.53 Å². The first-order valence-electron chi connectivity index (χ1n) is 9.49. The van der Waals surface area contributed by atoms with Crippen molar-refractivity contribution in [1.29, 1.82) is 0 Å². The highest BCUT2D eigenvalue weighted by molar-refractivity contribution is 5.68. The van der Waals surface area contributed by atoms with Crippen LogP contribution in [0.5, 0.6) is 0 Å². The summed E-state index contributed by atoms with van der Waals surface area (Å²) in [4.78, 5) is 13.8. The zero-order valence-electron chi connectivity index (χ0n) is 16.3. The largest absolute Gasteiger partial charge is 0.444 e. The Bertz CT molecular complexity index is 486. The van der Waals surface area contributed by atoms with Crippen LogP contribution in [-0.2, 0) is 4.74 Å². The SMILES string of the molecule is CC1(CNC2CC2)CCN(C(=O)OC(C)(C)C)CC1.c1ccccc1. The normalized spacial score (nSPS) is 19.6. The first kappa shape index (κ1) is 19.8. The summed E-state index contributed by atoms with van der Waals surface area (Å²) in [6.07, 6.45) is 4.63. The van der Waals surface area contributed by atoms with Gasteiger partial charge in [0, 0.05) is 25.7 Å². The molecule has 0 spiro atoms. The van der Waals surface area contributed by atoms with E-state index in [2.05, 4.69) is 12.2 Å². The number of benzene rings is 1. The summed E-state index contributed by atoms with van der Waals surface area (Å²) in [7, 11) is 0. The van der Waals surface area contributed by atoms with Crippen LogP contribution < -0.4 is 5.32 Å². The molecule has 1 amide bonds. The molecule has 3 rings (SSSR count). The maximum absolute atomic E-state index is 12.0. The summed E-state index contributed by atoms with van der Waals surface area (Å²) in [5.41, 5.74) is -0.0630. The van der Waals surface area contributed by atoms with E-state index < -0.39 is 5.60 Å². The highest BCUT2D eigenvalue weighted by atomic mass is 16.6. The lowest BCUT2D eigenvalue weighted by Crippen LogP contribution is -2.47. The molecule has 0 aromatic heterocycles. The van der Waals surface area contributed by atoms with Crippen LogP contribution in [0.25, 0.3) is 0 Å². The molecule has 1 heterocycles. The molecule has 140 valence electrons. The molecule has 1 aliphatic heterocycles. The van der Waals surface area contributed by atoms with E-state index in [0.717, 1.165) is 38.5 Å². The maximum atomic E-state index is 12.0. The van der Waals surface area contributed by atoms with E-state index >= 15 is 0 Å². The van der Waals surface area contributed by atoms with Crippen LogP contribution in [0.3, 0.4) is 0 Å². The minimum Gasteiger partial charge on any atom is -0.444 e. The summed E-state index contributed by atoms with van der Waals surface area (Å²) in [5.74, 6) is 0. The molecule has 0 bridgehead atoms. The molecular formula is C21H34N2O2. The van der Waals surface area contributed by atoms with Gasteiger partial charge in [-0.15, -0.1) is 0 Å². The quantitative estimate of drug-likeness (QED) is 0.878. The standard InChI is InChI=1S/C15H28N2O2.C6H6/c1-14(2,3)19-13(18)17-9-7-15(4,8-10-17)11-16-12-5-6-12;1-2-4-6-5-3-1/h12,16H,5-11H2,1-4H3;1-6H. The van der Waals surface area contributed by atoms with Crippen molar-refractivity contribution in [3.8, 4) is 0 Å². The zero-order valence-corrected chi connectivity index (χ0v) is 16.3. The number of ether oxygens (including phenoxy) is 1. The molecule has 0 atom stereocenters. The third-order valence-electron chi connectivity index (χ3n) is 4.68. The molecule has 1 aliphatic carbocycles. The van der Waals surface area contributed by atoms with E-state index in [4.69, 9.17) is 4.74 Å². The molecule has 1 saturated heterocycles. The van der Waals surface area contributed by atoms with Crippen LogP contribution in [0.2, 0.25) is 0 Å². The van der Waals surface area contributed by atoms with Gasteiger partial charge in [-0.05, 0) is 51.9 Å². The molecular weight excluding hydrogens is 312 g/mol. The molecule has 0 unspecified atom stereocenters. The molecule has 25 heavy (non-hydrogen) atoms. The van der Waals surface area contributed by atoms with E-state index in [9.17, 15) is 4.79 Å². The van der Waals surface area contributed by atoms with Gasteiger partial charge in [0.05, 0.1) is 0 Å². The molecule has 4 heteroatoms. The number of nitrogens with zero attached hydrogens (tertiary/aromatic N) is 1. The van der Waals surface area contributed by atoms with Crippen molar-refractivity contribution in [2.75, 3.05) is 19.6 Å². The monoisotopic (exact) mass is 346 g/mol. The second-order valence-corrected chi connectivity index (χ2v) is 8.59. The smallest absolute Gasteiger partial charge is 0.410 e. The Labute approximate surface area is 152 Å². The maximum Gasteiger partial charge on any atom is 0.410 e. The van der Waals surface area contributed by atoms with Crippen molar-refractivity contribution in [2.45, 2.75) is 65.0 Å². The van der Waals surface area contributed by atoms with E-state index in [1.807, 2.05) is 62.1 Å². The lowest BCUT2D eigenvalue weighted by Gasteiger charge is -2.40. The van der Waals surface area contributed by atoms with Crippen molar-refractivity contribution in [1.82, 2.24) is 10.2 Å². The molecule has 1 saturated carbocycles. The minimum absolute atomic E-state index is 0.162. The molecule has 1 N–H and O–H groups in total. The Morgan fingerprint density at radius 3 is 1.96 bits per heavy atom. The fourth-order valence-corrected chi connectivity index (χ4v) is 2.80. The van der Waals surface area contributed by atoms with Gasteiger partial charge in [-0.25, -0.2) is 4.79 Å². The Morgan fingerprint density at radius 1 is 1.08 bits per heavy atom. The molecule has 0 radical (unpaired) electrons. The van der Waals surface area contributed by atoms with Gasteiger partial charge in [-0.3, -0.25) is 0 Å². The Kier molecular flexibility index (Phi) is 6.88. The van der Waals surface area contributed by atoms with Gasteiger partial charge < -0.3 is 15.0 Å². The van der Waals surface area contributed by atoms with E-state index in [1.165, 1.54) is 12.8 Å². The van der Waals surface area contributed by atoms with Crippen molar-refractivity contribution in [3.63, 3.8) is 0 Å². The van der Waals surface area contributed by atoms with Crippen molar-refractivity contribution in [2.24, 2.45) is 5.41 Å². The summed E-state index contributed by atoms with van der Waals surface area (Å²) in [5, 5.41) is 3.61. The second-order valence-electron chi connectivity index (χ2n) is 8.59. The summed E-state index contributed by atoms with van der Waals surface area (Å²) in [6.45, 7) is 10.8. The number of carbonyl (C=O) groups is 1. The summed E-state index contributed by atoms with van der Waals surface area (Å²) < 4.78 is 5.42. The van der Waals surface area contributed by atoms with Gasteiger partial charge in [0.2, 0.25) is 0 Å². The van der Waals surface area contributed by atoms with Crippen LogP contribution in [0.1, 0.15) is 53.4 Å². The Morgan fingerprint density at radius 2 is 1.56 bits per heavy atom. The molecule has 1 aromatic rings. The number of amides is 1. The van der Waals surface area contributed by atoms with Gasteiger partial charge >= 0.3 is 6.09 Å². The first-order chi connectivity index (χ1) is 11.8. The number of carbonyl (C=O) groups excluding carboxylic acids is 1. The predicted molar refractivity (Wildman–Crippen MR) is 103 cm³/mol. The van der Waals surface area contributed by atoms with Crippen LogP contribution in [0.15, 0.2) is 36.4 Å². The zero-order chi connectivity index (χ0) is 18.3. The number of hydrogen-bond acceptors (Lipinski definition) is 3. The first-order valence-corrected chi connectivity index (χ1v) is 9.49. The fraction of sp³-hybridized carbons (Fsp3) is 0.667. The van der Waals surface area contributed by atoms with Gasteiger partial charge in [0.25, 0.3) is 0 Å². The van der Waals surface area contributed by atoms with E-state index in [-0.39, 0.29) is 6.09 Å². The third kappa shape index (κ3) is 7.91. The number of rotatable bonds is 3.